The number of carbonyl (C=O) groups is 1. The normalized spacial score (nSPS) is 11.5. The molecule has 22 heavy (non-hydrogen) atoms. The van der Waals surface area contributed by atoms with E-state index in [2.05, 4.69) is 20.1 Å². The summed E-state index contributed by atoms with van der Waals surface area (Å²) in [7, 11) is 3.38. The summed E-state index contributed by atoms with van der Waals surface area (Å²) in [6.07, 6.45) is 4.97. The number of hydrogen-bond acceptors (Lipinski definition) is 6. The molecule has 0 radical (unpaired) electrons. The SMILES string of the molecule is CN(C)C(=O)n1nc(C(C)(C)C)nc1SCc1cnccn1. The molecule has 8 heteroatoms. The first-order valence-electron chi connectivity index (χ1n) is 6.86. The highest BCUT2D eigenvalue weighted by Gasteiger charge is 2.25. The molecule has 0 saturated heterocycles. The molecule has 2 aromatic rings. The van der Waals surface area contributed by atoms with Crippen LogP contribution >= 0.6 is 11.8 Å². The van der Waals surface area contributed by atoms with Crippen LogP contribution < -0.4 is 0 Å². The molecule has 0 atom stereocenters. The van der Waals surface area contributed by atoms with Gasteiger partial charge in [0, 0.05) is 43.9 Å². The molecule has 2 aromatic heterocycles. The smallest absolute Gasteiger partial charge is 0.329 e. The molecule has 7 nitrogen and oxygen atoms in total. The van der Waals surface area contributed by atoms with Crippen molar-refractivity contribution in [2.75, 3.05) is 14.1 Å². The highest BCUT2D eigenvalue weighted by molar-refractivity contribution is 7.98. The predicted molar refractivity (Wildman–Crippen MR) is 84.8 cm³/mol. The van der Waals surface area contributed by atoms with Crippen LogP contribution in [0.1, 0.15) is 32.3 Å². The first-order valence-corrected chi connectivity index (χ1v) is 7.84. The van der Waals surface area contributed by atoms with Gasteiger partial charge in [0.15, 0.2) is 11.0 Å². The van der Waals surface area contributed by atoms with Gasteiger partial charge in [-0.25, -0.2) is 9.78 Å². The van der Waals surface area contributed by atoms with Crippen LogP contribution in [0.3, 0.4) is 0 Å². The molecule has 0 bridgehead atoms. The Morgan fingerprint density at radius 2 is 2.05 bits per heavy atom. The lowest BCUT2D eigenvalue weighted by molar-refractivity contribution is 0.213. The second-order valence-electron chi connectivity index (χ2n) is 6.04. The van der Waals surface area contributed by atoms with Gasteiger partial charge < -0.3 is 4.90 Å². The van der Waals surface area contributed by atoms with E-state index in [4.69, 9.17) is 0 Å². The molecule has 0 spiro atoms. The average molecular weight is 320 g/mol. The molecule has 0 N–H and O–H groups in total. The number of carbonyl (C=O) groups excluding carboxylic acids is 1. The van der Waals surface area contributed by atoms with Crippen molar-refractivity contribution in [3.05, 3.63) is 30.1 Å². The summed E-state index contributed by atoms with van der Waals surface area (Å²) in [5, 5.41) is 4.94. The molecule has 0 aliphatic rings. The topological polar surface area (TPSA) is 76.8 Å². The van der Waals surface area contributed by atoms with Crippen molar-refractivity contribution in [1.82, 2.24) is 29.6 Å². The number of thioether (sulfide) groups is 1. The minimum Gasteiger partial charge on any atom is -0.329 e. The Hall–Kier alpha value is -1.96. The first-order chi connectivity index (χ1) is 10.3. The number of amides is 1. The second-order valence-corrected chi connectivity index (χ2v) is 6.98. The molecule has 0 unspecified atom stereocenters. The van der Waals surface area contributed by atoms with Crippen LogP contribution in [0.5, 0.6) is 0 Å². The van der Waals surface area contributed by atoms with Gasteiger partial charge in [0.2, 0.25) is 0 Å². The third kappa shape index (κ3) is 3.82. The Labute approximate surface area is 134 Å². The van der Waals surface area contributed by atoms with Crippen LogP contribution in [-0.2, 0) is 11.2 Å². The standard InChI is InChI=1S/C14H20N6OS/c1-14(2,3)11-17-12(20(18-11)13(21)19(4)5)22-9-10-8-15-6-7-16-10/h6-8H,9H2,1-5H3. The highest BCUT2D eigenvalue weighted by Crippen LogP contribution is 2.25. The lowest BCUT2D eigenvalue weighted by Gasteiger charge is -2.13. The Balaban J connectivity index is 2.28. The van der Waals surface area contributed by atoms with Crippen molar-refractivity contribution in [3.63, 3.8) is 0 Å². The van der Waals surface area contributed by atoms with Gasteiger partial charge in [-0.1, -0.05) is 32.5 Å². The van der Waals surface area contributed by atoms with Crippen molar-refractivity contribution < 1.29 is 4.79 Å². The highest BCUT2D eigenvalue weighted by atomic mass is 32.2. The fraction of sp³-hybridized carbons (Fsp3) is 0.500. The van der Waals surface area contributed by atoms with Gasteiger partial charge in [0.05, 0.1) is 5.69 Å². The van der Waals surface area contributed by atoms with Gasteiger partial charge in [-0.3, -0.25) is 9.97 Å². The van der Waals surface area contributed by atoms with E-state index in [1.54, 1.807) is 32.7 Å². The van der Waals surface area contributed by atoms with E-state index >= 15 is 0 Å². The number of rotatable bonds is 3. The van der Waals surface area contributed by atoms with E-state index < -0.39 is 0 Å². The van der Waals surface area contributed by atoms with Crippen LogP contribution in [0.4, 0.5) is 4.79 Å². The summed E-state index contributed by atoms with van der Waals surface area (Å²) < 4.78 is 1.35. The van der Waals surface area contributed by atoms with E-state index in [1.165, 1.54) is 21.3 Å². The van der Waals surface area contributed by atoms with Crippen molar-refractivity contribution in [3.8, 4) is 0 Å². The van der Waals surface area contributed by atoms with Gasteiger partial charge >= 0.3 is 6.03 Å². The number of hydrogen-bond donors (Lipinski definition) is 0. The molecular weight excluding hydrogens is 300 g/mol. The van der Waals surface area contributed by atoms with Crippen molar-refractivity contribution >= 4 is 17.8 Å². The van der Waals surface area contributed by atoms with E-state index in [0.29, 0.717) is 16.7 Å². The van der Waals surface area contributed by atoms with E-state index in [-0.39, 0.29) is 11.4 Å². The third-order valence-electron chi connectivity index (χ3n) is 2.78. The quantitative estimate of drug-likeness (QED) is 0.807. The zero-order valence-corrected chi connectivity index (χ0v) is 14.3. The van der Waals surface area contributed by atoms with Gasteiger partial charge in [-0.15, -0.1) is 5.10 Å². The molecule has 0 saturated carbocycles. The van der Waals surface area contributed by atoms with Crippen molar-refractivity contribution in [2.45, 2.75) is 37.1 Å². The zero-order chi connectivity index (χ0) is 16.3. The largest absolute Gasteiger partial charge is 0.346 e. The van der Waals surface area contributed by atoms with Gasteiger partial charge in [0.25, 0.3) is 0 Å². The van der Waals surface area contributed by atoms with Crippen LogP contribution in [-0.4, -0.2) is 49.8 Å². The number of aromatic nitrogens is 5. The molecule has 2 heterocycles. The Bertz CT molecular complexity index is 647. The fourth-order valence-corrected chi connectivity index (χ4v) is 2.38. The predicted octanol–water partition coefficient (Wildman–Crippen LogP) is 2.19. The van der Waals surface area contributed by atoms with Gasteiger partial charge in [-0.2, -0.15) is 4.68 Å². The minimum absolute atomic E-state index is 0.218. The van der Waals surface area contributed by atoms with Crippen LogP contribution in [0.2, 0.25) is 0 Å². The summed E-state index contributed by atoms with van der Waals surface area (Å²) in [6.45, 7) is 6.05. The Morgan fingerprint density at radius 1 is 1.32 bits per heavy atom. The molecular formula is C14H20N6OS. The van der Waals surface area contributed by atoms with E-state index in [1.807, 2.05) is 20.8 Å². The second kappa shape index (κ2) is 6.43. The summed E-state index contributed by atoms with van der Waals surface area (Å²) >= 11 is 1.42. The molecule has 0 fully saturated rings. The third-order valence-corrected chi connectivity index (χ3v) is 3.74. The molecule has 118 valence electrons. The summed E-state index contributed by atoms with van der Waals surface area (Å²) in [5.41, 5.74) is 0.608. The van der Waals surface area contributed by atoms with Gasteiger partial charge in [-0.05, 0) is 0 Å². The average Bonchev–Trinajstić information content (AvgIpc) is 2.89. The lowest BCUT2D eigenvalue weighted by Crippen LogP contribution is -2.29. The van der Waals surface area contributed by atoms with Crippen LogP contribution in [0.25, 0.3) is 0 Å². The summed E-state index contributed by atoms with van der Waals surface area (Å²) in [4.78, 5) is 26.5. The van der Waals surface area contributed by atoms with Crippen molar-refractivity contribution in [1.29, 1.82) is 0 Å². The van der Waals surface area contributed by atoms with Crippen LogP contribution in [0, 0.1) is 0 Å². The molecule has 0 aromatic carbocycles. The fourth-order valence-electron chi connectivity index (χ4n) is 1.57. The summed E-state index contributed by atoms with van der Waals surface area (Å²) in [6, 6.07) is -0.218. The first kappa shape index (κ1) is 16.4. The van der Waals surface area contributed by atoms with Crippen LogP contribution in [0.15, 0.2) is 23.7 Å². The molecule has 1 amide bonds. The minimum atomic E-state index is -0.223. The zero-order valence-electron chi connectivity index (χ0n) is 13.4. The maximum Gasteiger partial charge on any atom is 0.346 e. The maximum absolute atomic E-state index is 12.3. The van der Waals surface area contributed by atoms with E-state index in [0.717, 1.165) is 5.69 Å². The Kier molecular flexibility index (Phi) is 4.80. The summed E-state index contributed by atoms with van der Waals surface area (Å²) in [5.74, 6) is 1.22. The van der Waals surface area contributed by atoms with Gasteiger partial charge in [0.1, 0.15) is 0 Å². The molecule has 2 rings (SSSR count). The maximum atomic E-state index is 12.3. The van der Waals surface area contributed by atoms with E-state index in [9.17, 15) is 4.79 Å². The Morgan fingerprint density at radius 3 is 2.59 bits per heavy atom. The molecule has 0 aliphatic carbocycles. The van der Waals surface area contributed by atoms with Crippen molar-refractivity contribution in [2.24, 2.45) is 0 Å². The number of nitrogens with zero attached hydrogens (tertiary/aromatic N) is 6. The lowest BCUT2D eigenvalue weighted by atomic mass is 9.96. The molecule has 0 aliphatic heterocycles. The monoisotopic (exact) mass is 320 g/mol.